The smallest absolute Gasteiger partial charge is 0.253 e. The number of aryl methyl sites for hydroxylation is 1. The summed E-state index contributed by atoms with van der Waals surface area (Å²) in [6, 6.07) is 10.6. The molecule has 9 nitrogen and oxygen atoms in total. The number of rotatable bonds is 10. The third-order valence-electron chi connectivity index (χ3n) is 9.36. The van der Waals surface area contributed by atoms with Gasteiger partial charge >= 0.3 is 0 Å². The van der Waals surface area contributed by atoms with E-state index in [4.69, 9.17) is 9.72 Å². The van der Waals surface area contributed by atoms with Crippen molar-refractivity contribution in [2.45, 2.75) is 91.5 Å². The fourth-order valence-corrected chi connectivity index (χ4v) is 6.72. The number of aromatic amines is 1. The number of nitrogens with zero attached hydrogens (tertiary/aromatic N) is 3. The molecule has 0 aliphatic carbocycles. The molecule has 2 aliphatic heterocycles. The Kier molecular flexibility index (Phi) is 10.7. The summed E-state index contributed by atoms with van der Waals surface area (Å²) in [6.07, 6.45) is 5.18. The van der Waals surface area contributed by atoms with Crippen LogP contribution in [0.5, 0.6) is 0 Å². The Bertz CT molecular complexity index is 1520. The second kappa shape index (κ2) is 14.7. The van der Waals surface area contributed by atoms with Gasteiger partial charge in [0.15, 0.2) is 0 Å². The summed E-state index contributed by atoms with van der Waals surface area (Å²) >= 11 is 0. The van der Waals surface area contributed by atoms with Crippen LogP contribution in [0.3, 0.4) is 0 Å². The van der Waals surface area contributed by atoms with Crippen molar-refractivity contribution < 1.29 is 14.6 Å². The Morgan fingerprint density at radius 3 is 2.49 bits per heavy atom. The summed E-state index contributed by atoms with van der Waals surface area (Å²) in [7, 11) is 0. The molecule has 0 atom stereocenters. The van der Waals surface area contributed by atoms with Crippen LogP contribution < -0.4 is 15.8 Å². The number of aromatic nitrogens is 2. The van der Waals surface area contributed by atoms with E-state index in [-0.39, 0.29) is 30.0 Å². The van der Waals surface area contributed by atoms with Gasteiger partial charge in [-0.25, -0.2) is 0 Å². The number of nitrogens with one attached hydrogen (secondary N) is 2. The molecule has 2 aromatic heterocycles. The van der Waals surface area contributed by atoms with Crippen LogP contribution in [0.25, 0.3) is 11.1 Å². The summed E-state index contributed by atoms with van der Waals surface area (Å²) in [5.74, 6) is -0.0469. The molecule has 3 aromatic rings. The third kappa shape index (κ3) is 7.83. The van der Waals surface area contributed by atoms with Gasteiger partial charge in [0.25, 0.3) is 11.5 Å². The van der Waals surface area contributed by atoms with Gasteiger partial charge < -0.3 is 25.0 Å². The average molecular weight is 616 g/mol. The van der Waals surface area contributed by atoms with Crippen LogP contribution in [0.1, 0.15) is 90.8 Å². The maximum atomic E-state index is 13.9. The molecule has 5 rings (SSSR count). The van der Waals surface area contributed by atoms with Crippen molar-refractivity contribution in [2.24, 2.45) is 0 Å². The topological polar surface area (TPSA) is 111 Å². The minimum absolute atomic E-state index is 0.155. The van der Waals surface area contributed by atoms with E-state index in [0.717, 1.165) is 104 Å². The zero-order valence-electron chi connectivity index (χ0n) is 27.5. The van der Waals surface area contributed by atoms with Crippen molar-refractivity contribution in [3.05, 3.63) is 80.5 Å². The quantitative estimate of drug-likeness (QED) is 0.292. The summed E-state index contributed by atoms with van der Waals surface area (Å²) < 4.78 is 5.66. The van der Waals surface area contributed by atoms with Crippen LogP contribution in [0, 0.1) is 13.8 Å². The van der Waals surface area contributed by atoms with Crippen molar-refractivity contribution >= 4 is 11.6 Å². The van der Waals surface area contributed by atoms with Crippen LogP contribution in [-0.2, 0) is 17.8 Å². The largest absolute Gasteiger partial charge is 0.393 e. The lowest BCUT2D eigenvalue weighted by molar-refractivity contribution is 0.0786. The standard InChI is InChI=1S/C36H49N5O4/c1-6-41(29-11-15-45-16-12-29)34-19-27(26-7-8-28(37-20-26)22-40-13-9-30(42)10-14-40)18-32(25(34)5)35(43)38-21-33-31(23(2)3)17-24(4)39-36(33)44/h7-8,17-20,23,29-30,42H,6,9-16,21-22H2,1-5H3,(H,38,43)(H,39,44). The Hall–Kier alpha value is -3.53. The first-order valence-corrected chi connectivity index (χ1v) is 16.5. The fourth-order valence-electron chi connectivity index (χ4n) is 6.72. The van der Waals surface area contributed by atoms with Gasteiger partial charge in [-0.2, -0.15) is 0 Å². The maximum absolute atomic E-state index is 13.9. The van der Waals surface area contributed by atoms with Crippen LogP contribution in [-0.4, -0.2) is 70.9 Å². The number of anilines is 1. The predicted octanol–water partition coefficient (Wildman–Crippen LogP) is 5.07. The lowest BCUT2D eigenvalue weighted by Crippen LogP contribution is -2.40. The Morgan fingerprint density at radius 2 is 1.84 bits per heavy atom. The van der Waals surface area contributed by atoms with Crippen LogP contribution in [0.4, 0.5) is 5.69 Å². The van der Waals surface area contributed by atoms with Gasteiger partial charge in [-0.3, -0.25) is 19.5 Å². The number of hydrogen-bond donors (Lipinski definition) is 3. The second-order valence-corrected chi connectivity index (χ2v) is 12.9. The van der Waals surface area contributed by atoms with Crippen LogP contribution >= 0.6 is 0 Å². The van der Waals surface area contributed by atoms with E-state index < -0.39 is 0 Å². The summed E-state index contributed by atoms with van der Waals surface area (Å²) in [5, 5.41) is 12.9. The van der Waals surface area contributed by atoms with Crippen molar-refractivity contribution in [3.63, 3.8) is 0 Å². The van der Waals surface area contributed by atoms with E-state index >= 15 is 0 Å². The molecular formula is C36H49N5O4. The molecule has 1 amide bonds. The van der Waals surface area contributed by atoms with E-state index in [1.54, 1.807) is 0 Å². The molecule has 2 saturated heterocycles. The average Bonchev–Trinajstić information content (AvgIpc) is 3.03. The van der Waals surface area contributed by atoms with Crippen molar-refractivity contribution in [1.82, 2.24) is 20.2 Å². The Morgan fingerprint density at radius 1 is 1.11 bits per heavy atom. The number of pyridine rings is 2. The molecule has 1 aromatic carbocycles. The van der Waals surface area contributed by atoms with Crippen molar-refractivity contribution in [2.75, 3.05) is 37.7 Å². The third-order valence-corrected chi connectivity index (χ3v) is 9.36. The van der Waals surface area contributed by atoms with E-state index in [9.17, 15) is 14.7 Å². The lowest BCUT2D eigenvalue weighted by Gasteiger charge is -2.37. The number of amides is 1. The number of ether oxygens (including phenoxy) is 1. The van der Waals surface area contributed by atoms with Gasteiger partial charge in [0.2, 0.25) is 0 Å². The summed E-state index contributed by atoms with van der Waals surface area (Å²) in [6.45, 7) is 15.1. The van der Waals surface area contributed by atoms with Crippen LogP contribution in [0.15, 0.2) is 41.3 Å². The SMILES string of the molecule is CCN(c1cc(-c2ccc(CN3CCC(O)CC3)nc2)cc(C(=O)NCc2c(C(C)C)cc(C)[nH]c2=O)c1C)C1CCOCC1. The highest BCUT2D eigenvalue weighted by molar-refractivity contribution is 5.99. The van der Waals surface area contributed by atoms with Crippen LogP contribution in [0.2, 0.25) is 0 Å². The first-order valence-electron chi connectivity index (χ1n) is 16.5. The zero-order valence-corrected chi connectivity index (χ0v) is 27.5. The van der Waals surface area contributed by atoms with Gasteiger partial charge in [-0.05, 0) is 93.3 Å². The molecule has 0 unspecified atom stereocenters. The molecule has 45 heavy (non-hydrogen) atoms. The Balaban J connectivity index is 1.46. The summed E-state index contributed by atoms with van der Waals surface area (Å²) in [5.41, 5.74) is 7.63. The highest BCUT2D eigenvalue weighted by Gasteiger charge is 2.25. The lowest BCUT2D eigenvalue weighted by atomic mass is 9.95. The Labute approximate surface area is 267 Å². The minimum Gasteiger partial charge on any atom is -0.393 e. The van der Waals surface area contributed by atoms with Gasteiger partial charge in [0, 0.05) is 86.2 Å². The molecule has 3 N–H and O–H groups in total. The number of carbonyl (C=O) groups is 1. The second-order valence-electron chi connectivity index (χ2n) is 12.9. The predicted molar refractivity (Wildman–Crippen MR) is 179 cm³/mol. The van der Waals surface area contributed by atoms with E-state index in [1.807, 2.05) is 32.2 Å². The molecule has 0 spiro atoms. The molecule has 0 saturated carbocycles. The van der Waals surface area contributed by atoms with Gasteiger partial charge in [-0.1, -0.05) is 19.9 Å². The number of benzene rings is 1. The number of aliphatic hydroxyl groups excluding tert-OH is 1. The molecule has 0 bridgehead atoms. The summed E-state index contributed by atoms with van der Waals surface area (Å²) in [4.78, 5) is 39.3. The number of likely N-dealkylation sites (tertiary alicyclic amines) is 1. The first-order chi connectivity index (χ1) is 21.6. The number of hydrogen-bond acceptors (Lipinski definition) is 7. The molecule has 242 valence electrons. The molecule has 0 radical (unpaired) electrons. The van der Waals surface area contributed by atoms with Gasteiger partial charge in [-0.15, -0.1) is 0 Å². The van der Waals surface area contributed by atoms with Gasteiger partial charge in [0.05, 0.1) is 11.8 Å². The fraction of sp³-hybridized carbons (Fsp3) is 0.528. The van der Waals surface area contributed by atoms with Gasteiger partial charge in [0.1, 0.15) is 0 Å². The van der Waals surface area contributed by atoms with E-state index in [0.29, 0.717) is 17.2 Å². The monoisotopic (exact) mass is 615 g/mol. The number of aliphatic hydroxyl groups is 1. The maximum Gasteiger partial charge on any atom is 0.253 e. The molecule has 9 heteroatoms. The molecular weight excluding hydrogens is 566 g/mol. The van der Waals surface area contributed by atoms with Crippen molar-refractivity contribution in [1.29, 1.82) is 0 Å². The zero-order chi connectivity index (χ0) is 32.1. The minimum atomic E-state index is -0.204. The normalized spacial score (nSPS) is 16.7. The van der Waals surface area contributed by atoms with E-state index in [2.05, 4.69) is 59.1 Å². The number of piperidine rings is 1. The highest BCUT2D eigenvalue weighted by Crippen LogP contribution is 2.34. The molecule has 2 fully saturated rings. The number of carbonyl (C=O) groups excluding carboxylic acids is 1. The highest BCUT2D eigenvalue weighted by atomic mass is 16.5. The number of H-pyrrole nitrogens is 1. The van der Waals surface area contributed by atoms with E-state index in [1.165, 1.54) is 0 Å². The van der Waals surface area contributed by atoms with Crippen molar-refractivity contribution in [3.8, 4) is 11.1 Å². The molecule has 4 heterocycles. The molecule has 2 aliphatic rings. The first kappa shape index (κ1) is 32.9.